The zero-order valence-corrected chi connectivity index (χ0v) is 8.59. The molecule has 1 heterocycles. The number of hydroxylamine groups is 1. The third-order valence-corrected chi connectivity index (χ3v) is 3.09. The molecule has 0 radical (unpaired) electrons. The van der Waals surface area contributed by atoms with Crippen LogP contribution >= 0.6 is 8.44 Å². The fraction of sp³-hybridized carbons (Fsp3) is 0.143. The first-order chi connectivity index (χ1) is 6.09. The van der Waals surface area contributed by atoms with Gasteiger partial charge in [0, 0.05) is 14.0 Å². The second kappa shape index (κ2) is 3.03. The van der Waals surface area contributed by atoms with Gasteiger partial charge in [-0.3, -0.25) is 4.84 Å². The summed E-state index contributed by atoms with van der Waals surface area (Å²) in [5.74, 6) is 0. The molecule has 0 aromatic heterocycles. The van der Waals surface area contributed by atoms with Crippen LogP contribution < -0.4 is 0 Å². The third-order valence-electron chi connectivity index (χ3n) is 1.69. The van der Waals surface area contributed by atoms with Crippen molar-refractivity contribution >= 4 is 18.1 Å². The summed E-state index contributed by atoms with van der Waals surface area (Å²) in [4.78, 5) is 4.89. The van der Waals surface area contributed by atoms with Crippen LogP contribution in [-0.4, -0.2) is 12.9 Å². The van der Waals surface area contributed by atoms with E-state index in [-0.39, 0.29) is 0 Å². The summed E-state index contributed by atoms with van der Waals surface area (Å²) in [6.07, 6.45) is -0.441. The van der Waals surface area contributed by atoms with Crippen molar-refractivity contribution in [1.82, 2.24) is 4.47 Å². The highest BCUT2D eigenvalue weighted by molar-refractivity contribution is 8.36. The fourth-order valence-corrected chi connectivity index (χ4v) is 2.14. The van der Waals surface area contributed by atoms with E-state index >= 15 is 0 Å². The molecule has 3 unspecified atom stereocenters. The molecule has 0 amide bonds. The van der Waals surface area contributed by atoms with Crippen molar-refractivity contribution in [2.75, 3.05) is 0 Å². The zero-order valence-electron chi connectivity index (χ0n) is 6.62. The van der Waals surface area contributed by atoms with Gasteiger partial charge in [-0.1, -0.05) is 30.3 Å². The maximum Gasteiger partial charge on any atom is 0.249 e. The number of hydrogen-bond acceptors (Lipinski definition) is 3. The molecule has 0 spiro atoms. The molecule has 13 heavy (non-hydrogen) atoms. The van der Waals surface area contributed by atoms with Crippen molar-refractivity contribution < 1.29 is 13.3 Å². The van der Waals surface area contributed by atoms with Crippen LogP contribution in [0.4, 0.5) is 0 Å². The molecule has 1 saturated heterocycles. The van der Waals surface area contributed by atoms with Gasteiger partial charge in [0.2, 0.25) is 9.64 Å². The van der Waals surface area contributed by atoms with Gasteiger partial charge in [0.1, 0.15) is 0 Å². The summed E-state index contributed by atoms with van der Waals surface area (Å²) in [6.45, 7) is 0. The molecule has 0 aliphatic carbocycles. The van der Waals surface area contributed by atoms with Gasteiger partial charge in [0.05, 0.1) is 0 Å². The smallest absolute Gasteiger partial charge is 0.249 e. The predicted molar refractivity (Wildman–Crippen MR) is 50.7 cm³/mol. The van der Waals surface area contributed by atoms with Crippen molar-refractivity contribution in [3.63, 3.8) is 0 Å². The van der Waals surface area contributed by atoms with Crippen molar-refractivity contribution in [3.8, 4) is 0 Å². The van der Waals surface area contributed by atoms with E-state index in [1.54, 1.807) is 8.44 Å². The van der Waals surface area contributed by atoms with Crippen LogP contribution in [0.15, 0.2) is 30.3 Å². The summed E-state index contributed by atoms with van der Waals surface area (Å²) in [5.41, 5.74) is 0.841. The topological polar surface area (TPSA) is 49.7 Å². The average Bonchev–Trinajstić information content (AvgIpc) is 2.83. The minimum Gasteiger partial charge on any atom is -0.254 e. The third kappa shape index (κ3) is 1.89. The van der Waals surface area contributed by atoms with Gasteiger partial charge in [-0.25, -0.2) is 8.42 Å². The summed E-state index contributed by atoms with van der Waals surface area (Å²) >= 11 is 0. The highest BCUT2D eigenvalue weighted by atomic mass is 32.7. The Hall–Kier alpha value is -0.480. The molecule has 1 fully saturated rings. The maximum atomic E-state index is 10.9. The Morgan fingerprint density at radius 1 is 1.31 bits per heavy atom. The number of nitrogens with zero attached hydrogens (tertiary/aromatic N) is 1. The van der Waals surface area contributed by atoms with E-state index in [0.717, 1.165) is 10.0 Å². The van der Waals surface area contributed by atoms with E-state index in [1.807, 2.05) is 30.3 Å². The standard InChI is InChI=1S/C7H8NO3PS/c9-13(10,12)8-7(11-8)6-4-2-1-3-5-6/h1-5,7H,12H2. The van der Waals surface area contributed by atoms with Crippen molar-refractivity contribution in [1.29, 1.82) is 0 Å². The molecule has 0 saturated carbocycles. The molecular weight excluding hydrogens is 209 g/mol. The van der Waals surface area contributed by atoms with Crippen molar-refractivity contribution in [3.05, 3.63) is 35.9 Å². The quantitative estimate of drug-likeness (QED) is 0.549. The molecule has 2 rings (SSSR count). The minimum atomic E-state index is -3.30. The van der Waals surface area contributed by atoms with Gasteiger partial charge in [0.15, 0.2) is 6.23 Å². The maximum absolute atomic E-state index is 10.9. The van der Waals surface area contributed by atoms with E-state index in [4.69, 9.17) is 4.84 Å². The Morgan fingerprint density at radius 2 is 1.92 bits per heavy atom. The lowest BCUT2D eigenvalue weighted by Gasteiger charge is -1.93. The molecule has 1 aromatic rings. The highest BCUT2D eigenvalue weighted by Gasteiger charge is 2.45. The first-order valence-electron chi connectivity index (χ1n) is 3.63. The molecule has 0 bridgehead atoms. The summed E-state index contributed by atoms with van der Waals surface area (Å²) in [6, 6.07) is 9.18. The van der Waals surface area contributed by atoms with Crippen LogP contribution in [-0.2, 0) is 14.5 Å². The zero-order chi connectivity index (χ0) is 9.47. The summed E-state index contributed by atoms with van der Waals surface area (Å²) < 4.78 is 22.8. The Morgan fingerprint density at radius 3 is 2.38 bits per heavy atom. The lowest BCUT2D eigenvalue weighted by Crippen LogP contribution is -2.02. The molecule has 1 aromatic carbocycles. The molecule has 0 N–H and O–H groups in total. The van der Waals surface area contributed by atoms with Gasteiger partial charge in [-0.15, -0.1) is 0 Å². The van der Waals surface area contributed by atoms with Crippen LogP contribution in [0, 0.1) is 0 Å². The van der Waals surface area contributed by atoms with Gasteiger partial charge < -0.3 is 0 Å². The Balaban J connectivity index is 2.18. The first-order valence-corrected chi connectivity index (χ1v) is 6.54. The van der Waals surface area contributed by atoms with E-state index < -0.39 is 15.9 Å². The molecule has 70 valence electrons. The number of benzene rings is 1. The van der Waals surface area contributed by atoms with E-state index in [9.17, 15) is 8.42 Å². The second-order valence-electron chi connectivity index (χ2n) is 2.67. The van der Waals surface area contributed by atoms with E-state index in [0.29, 0.717) is 0 Å². The lowest BCUT2D eigenvalue weighted by atomic mass is 10.2. The van der Waals surface area contributed by atoms with Gasteiger partial charge in [-0.2, -0.15) is 0 Å². The van der Waals surface area contributed by atoms with Crippen LogP contribution in [0.1, 0.15) is 11.8 Å². The Labute approximate surface area is 78.5 Å². The largest absolute Gasteiger partial charge is 0.254 e. The molecular formula is C7H8NO3PS. The van der Waals surface area contributed by atoms with Gasteiger partial charge in [-0.05, 0) is 4.47 Å². The van der Waals surface area contributed by atoms with Crippen LogP contribution in [0.5, 0.6) is 0 Å². The van der Waals surface area contributed by atoms with E-state index in [2.05, 4.69) is 0 Å². The SMILES string of the molecule is O=S(=O)(P)N1OC1c1ccccc1. The van der Waals surface area contributed by atoms with Crippen LogP contribution in [0.3, 0.4) is 0 Å². The predicted octanol–water partition coefficient (Wildman–Crippen LogP) is 1.05. The summed E-state index contributed by atoms with van der Waals surface area (Å²) in [7, 11) is -1.56. The van der Waals surface area contributed by atoms with Gasteiger partial charge >= 0.3 is 0 Å². The second-order valence-corrected chi connectivity index (χ2v) is 5.85. The normalized spacial score (nSPS) is 27.2. The average molecular weight is 217 g/mol. The number of rotatable bonds is 2. The molecule has 4 nitrogen and oxygen atoms in total. The fourth-order valence-electron chi connectivity index (χ4n) is 1.06. The van der Waals surface area contributed by atoms with Crippen molar-refractivity contribution in [2.24, 2.45) is 0 Å². The molecule has 1 aliphatic rings. The monoisotopic (exact) mass is 217 g/mol. The Kier molecular flexibility index (Phi) is 2.12. The van der Waals surface area contributed by atoms with E-state index in [1.165, 1.54) is 0 Å². The lowest BCUT2D eigenvalue weighted by molar-refractivity contribution is 0.287. The molecule has 6 heteroatoms. The Bertz CT molecular complexity index is 405. The summed E-state index contributed by atoms with van der Waals surface area (Å²) in [5, 5.41) is 0. The first kappa shape index (κ1) is 9.09. The number of hydrogen-bond donors (Lipinski definition) is 0. The molecule has 1 aliphatic heterocycles. The van der Waals surface area contributed by atoms with Gasteiger partial charge in [0.25, 0.3) is 0 Å². The van der Waals surface area contributed by atoms with Crippen LogP contribution in [0.2, 0.25) is 0 Å². The minimum absolute atomic E-state index is 0.441. The highest BCUT2D eigenvalue weighted by Crippen LogP contribution is 2.41. The van der Waals surface area contributed by atoms with Crippen LogP contribution in [0.25, 0.3) is 0 Å². The van der Waals surface area contributed by atoms with Crippen molar-refractivity contribution in [2.45, 2.75) is 6.23 Å². The molecule has 3 atom stereocenters.